The molecule has 0 amide bonds. The van der Waals surface area contributed by atoms with Crippen LogP contribution in [0.15, 0.2) is 47.4 Å². The lowest BCUT2D eigenvalue weighted by Crippen LogP contribution is -2.38. The predicted octanol–water partition coefficient (Wildman–Crippen LogP) is 4.44. The number of imidazole rings is 1. The third-order valence-electron chi connectivity index (χ3n) is 4.75. The number of rotatable bonds is 3. The zero-order valence-electron chi connectivity index (χ0n) is 13.8. The lowest BCUT2D eigenvalue weighted by molar-refractivity contribution is 0.314. The Bertz CT molecular complexity index is 1040. The van der Waals surface area contributed by atoms with Gasteiger partial charge in [0.1, 0.15) is 5.82 Å². The van der Waals surface area contributed by atoms with Gasteiger partial charge in [0.05, 0.1) is 15.9 Å². The monoisotopic (exact) mass is 409 g/mol. The van der Waals surface area contributed by atoms with E-state index in [1.165, 1.54) is 4.31 Å². The van der Waals surface area contributed by atoms with Crippen molar-refractivity contribution in [1.29, 1.82) is 0 Å². The third-order valence-corrected chi connectivity index (χ3v) is 7.15. The van der Waals surface area contributed by atoms with Crippen LogP contribution in [0.25, 0.3) is 11.0 Å². The molecule has 1 aliphatic rings. The van der Waals surface area contributed by atoms with E-state index in [0.717, 1.165) is 29.7 Å². The molecule has 0 aliphatic carbocycles. The molecule has 2 aromatic carbocycles. The minimum atomic E-state index is -3.49. The molecule has 4 rings (SSSR count). The molecule has 1 aromatic heterocycles. The van der Waals surface area contributed by atoms with Crippen LogP contribution in [0, 0.1) is 0 Å². The maximum atomic E-state index is 12.8. The summed E-state index contributed by atoms with van der Waals surface area (Å²) >= 11 is 11.9. The van der Waals surface area contributed by atoms with Crippen LogP contribution in [0.2, 0.25) is 10.0 Å². The van der Waals surface area contributed by atoms with Crippen LogP contribution in [0.4, 0.5) is 0 Å². The number of H-pyrrole nitrogens is 1. The van der Waals surface area contributed by atoms with Crippen molar-refractivity contribution >= 4 is 44.3 Å². The van der Waals surface area contributed by atoms with E-state index in [1.54, 1.807) is 24.3 Å². The number of hydrogen-bond acceptors (Lipinski definition) is 3. The van der Waals surface area contributed by atoms with Crippen LogP contribution in [-0.4, -0.2) is 35.8 Å². The summed E-state index contributed by atoms with van der Waals surface area (Å²) in [4.78, 5) is 8.23. The van der Waals surface area contributed by atoms with E-state index < -0.39 is 10.0 Å². The van der Waals surface area contributed by atoms with Gasteiger partial charge in [0.2, 0.25) is 10.0 Å². The zero-order valence-corrected chi connectivity index (χ0v) is 16.2. The summed E-state index contributed by atoms with van der Waals surface area (Å²) in [5, 5.41) is 1.18. The molecule has 5 nitrogen and oxygen atoms in total. The normalized spacial score (nSPS) is 17.0. The molecule has 0 unspecified atom stereocenters. The zero-order chi connectivity index (χ0) is 18.3. The number of aromatic amines is 1. The van der Waals surface area contributed by atoms with Crippen LogP contribution in [0.3, 0.4) is 0 Å². The molecular formula is C18H17Cl2N3O2S. The number of nitrogens with one attached hydrogen (secondary N) is 1. The van der Waals surface area contributed by atoms with Crippen molar-refractivity contribution in [3.63, 3.8) is 0 Å². The molecular weight excluding hydrogens is 393 g/mol. The quantitative estimate of drug-likeness (QED) is 0.695. The van der Waals surface area contributed by atoms with Gasteiger partial charge in [-0.25, -0.2) is 13.4 Å². The number of hydrogen-bond donors (Lipinski definition) is 1. The number of benzene rings is 2. The van der Waals surface area contributed by atoms with Crippen LogP contribution in [0.5, 0.6) is 0 Å². The number of piperidine rings is 1. The highest BCUT2D eigenvalue weighted by molar-refractivity contribution is 7.89. The average molecular weight is 410 g/mol. The molecule has 3 aromatic rings. The lowest BCUT2D eigenvalue weighted by Gasteiger charge is -2.30. The highest BCUT2D eigenvalue weighted by Gasteiger charge is 2.31. The summed E-state index contributed by atoms with van der Waals surface area (Å²) in [7, 11) is -3.49. The van der Waals surface area contributed by atoms with E-state index in [0.29, 0.717) is 23.1 Å². The van der Waals surface area contributed by atoms with Gasteiger partial charge in [-0.3, -0.25) is 0 Å². The van der Waals surface area contributed by atoms with Crippen molar-refractivity contribution in [2.75, 3.05) is 13.1 Å². The lowest BCUT2D eigenvalue weighted by atomic mass is 9.97. The molecule has 0 radical (unpaired) electrons. The number of halogens is 2. The molecule has 0 atom stereocenters. The fourth-order valence-electron chi connectivity index (χ4n) is 3.32. The Morgan fingerprint density at radius 2 is 1.65 bits per heavy atom. The van der Waals surface area contributed by atoms with Crippen molar-refractivity contribution in [3.05, 3.63) is 58.3 Å². The molecule has 1 N–H and O–H groups in total. The number of fused-ring (bicyclic) bond motifs is 1. The van der Waals surface area contributed by atoms with Gasteiger partial charge in [0.25, 0.3) is 0 Å². The van der Waals surface area contributed by atoms with Crippen LogP contribution < -0.4 is 0 Å². The Hall–Kier alpha value is -1.60. The number of aromatic nitrogens is 2. The van der Waals surface area contributed by atoms with E-state index in [4.69, 9.17) is 23.2 Å². The van der Waals surface area contributed by atoms with Gasteiger partial charge in [-0.1, -0.05) is 23.2 Å². The van der Waals surface area contributed by atoms with Gasteiger partial charge in [-0.2, -0.15) is 4.31 Å². The summed E-state index contributed by atoms with van der Waals surface area (Å²) < 4.78 is 27.1. The number of sulfonamides is 1. The Morgan fingerprint density at radius 3 is 2.35 bits per heavy atom. The maximum absolute atomic E-state index is 12.8. The van der Waals surface area contributed by atoms with Crippen molar-refractivity contribution < 1.29 is 8.42 Å². The van der Waals surface area contributed by atoms with Crippen LogP contribution >= 0.6 is 23.2 Å². The molecule has 0 spiro atoms. The van der Waals surface area contributed by atoms with E-state index in [9.17, 15) is 8.42 Å². The van der Waals surface area contributed by atoms with Gasteiger partial charge in [-0.05, 0) is 55.3 Å². The Labute approximate surface area is 162 Å². The topological polar surface area (TPSA) is 66.1 Å². The second-order valence-electron chi connectivity index (χ2n) is 6.42. The molecule has 1 aliphatic heterocycles. The van der Waals surface area contributed by atoms with E-state index >= 15 is 0 Å². The molecule has 136 valence electrons. The van der Waals surface area contributed by atoms with Crippen molar-refractivity contribution in [2.45, 2.75) is 23.7 Å². The molecule has 2 heterocycles. The van der Waals surface area contributed by atoms with Crippen molar-refractivity contribution in [1.82, 2.24) is 14.3 Å². The second kappa shape index (κ2) is 6.85. The molecule has 0 bridgehead atoms. The van der Waals surface area contributed by atoms with Crippen molar-refractivity contribution in [2.24, 2.45) is 0 Å². The first-order valence-electron chi connectivity index (χ1n) is 8.34. The Morgan fingerprint density at radius 1 is 1.00 bits per heavy atom. The summed E-state index contributed by atoms with van der Waals surface area (Å²) in [6.07, 6.45) is 1.45. The summed E-state index contributed by atoms with van der Waals surface area (Å²) in [5.74, 6) is 1.10. The Kier molecular flexibility index (Phi) is 4.69. The second-order valence-corrected chi connectivity index (χ2v) is 9.23. The van der Waals surface area contributed by atoms with E-state index in [2.05, 4.69) is 9.97 Å². The molecule has 1 saturated heterocycles. The largest absolute Gasteiger partial charge is 0.342 e. The first kappa shape index (κ1) is 17.8. The van der Waals surface area contributed by atoms with E-state index in [1.807, 2.05) is 18.2 Å². The first-order chi connectivity index (χ1) is 12.4. The minimum Gasteiger partial charge on any atom is -0.342 e. The SMILES string of the molecule is O=S(=O)(c1ccc(Cl)cc1)N1CCC(c2nc3ccc(Cl)cc3[nH]2)CC1. The molecule has 26 heavy (non-hydrogen) atoms. The molecule has 1 fully saturated rings. The van der Waals surface area contributed by atoms with Crippen LogP contribution in [0.1, 0.15) is 24.6 Å². The molecule has 8 heteroatoms. The van der Waals surface area contributed by atoms with E-state index in [-0.39, 0.29) is 10.8 Å². The highest BCUT2D eigenvalue weighted by atomic mass is 35.5. The maximum Gasteiger partial charge on any atom is 0.243 e. The fraction of sp³-hybridized carbons (Fsp3) is 0.278. The van der Waals surface area contributed by atoms with Gasteiger partial charge in [0, 0.05) is 29.1 Å². The number of nitrogens with zero attached hydrogens (tertiary/aromatic N) is 2. The summed E-state index contributed by atoms with van der Waals surface area (Å²) in [6, 6.07) is 11.8. The summed E-state index contributed by atoms with van der Waals surface area (Å²) in [6.45, 7) is 0.931. The smallest absolute Gasteiger partial charge is 0.243 e. The highest BCUT2D eigenvalue weighted by Crippen LogP contribution is 2.31. The van der Waals surface area contributed by atoms with Gasteiger partial charge in [-0.15, -0.1) is 0 Å². The van der Waals surface area contributed by atoms with Crippen molar-refractivity contribution in [3.8, 4) is 0 Å². The summed E-state index contributed by atoms with van der Waals surface area (Å²) in [5.41, 5.74) is 1.78. The average Bonchev–Trinajstić information content (AvgIpc) is 3.05. The van der Waals surface area contributed by atoms with Gasteiger partial charge >= 0.3 is 0 Å². The predicted molar refractivity (Wildman–Crippen MR) is 103 cm³/mol. The Balaban J connectivity index is 1.50. The third kappa shape index (κ3) is 3.34. The minimum absolute atomic E-state index is 0.206. The van der Waals surface area contributed by atoms with Crippen LogP contribution in [-0.2, 0) is 10.0 Å². The van der Waals surface area contributed by atoms with Gasteiger partial charge < -0.3 is 4.98 Å². The standard InChI is InChI=1S/C18H17Cl2N3O2S/c19-13-1-4-15(5-2-13)26(24,25)23-9-7-12(8-10-23)18-21-16-6-3-14(20)11-17(16)22-18/h1-6,11-12H,7-10H2,(H,21,22). The molecule has 0 saturated carbocycles. The fourth-order valence-corrected chi connectivity index (χ4v) is 5.09. The van der Waals surface area contributed by atoms with Gasteiger partial charge in [0.15, 0.2) is 0 Å². The first-order valence-corrected chi connectivity index (χ1v) is 10.5.